The molecular weight excluding hydrogens is 387 g/mol. The predicted molar refractivity (Wildman–Crippen MR) is 112 cm³/mol. The fourth-order valence-corrected chi connectivity index (χ4v) is 2.63. The Kier molecular flexibility index (Phi) is 8.09. The molecule has 2 aromatic rings. The Morgan fingerprint density at radius 3 is 2.30 bits per heavy atom. The highest BCUT2D eigenvalue weighted by Gasteiger charge is 2.45. The lowest BCUT2D eigenvalue weighted by Crippen LogP contribution is -2.38. The summed E-state index contributed by atoms with van der Waals surface area (Å²) in [5.41, 5.74) is 13.1. The van der Waals surface area contributed by atoms with Crippen LogP contribution in [-0.4, -0.2) is 23.9 Å². The summed E-state index contributed by atoms with van der Waals surface area (Å²) >= 11 is 0. The summed E-state index contributed by atoms with van der Waals surface area (Å²) in [6, 6.07) is 17.2. The molecule has 146 valence electrons. The molecular formula is C19H24Cl2N4O2. The standard InChI is InChI=1S/C19H22N4O2.2ClH/c20-17(24)13-23(12-14-5-2-1-3-6-14)16-8-4-7-15(11-16)22-18(25)19(21)9-10-19;;/h1-8,11H,9-10,12-13,21H2,(H2,20,24)(H,22,25);2*1H. The number of hydrogen-bond donors (Lipinski definition) is 3. The third kappa shape index (κ3) is 6.13. The third-order valence-corrected chi connectivity index (χ3v) is 4.27. The van der Waals surface area contributed by atoms with Gasteiger partial charge < -0.3 is 21.7 Å². The van der Waals surface area contributed by atoms with E-state index in [2.05, 4.69) is 5.32 Å². The molecule has 0 heterocycles. The molecule has 1 aliphatic carbocycles. The molecule has 0 aromatic heterocycles. The van der Waals surface area contributed by atoms with Crippen LogP contribution >= 0.6 is 24.8 Å². The molecule has 1 aliphatic rings. The van der Waals surface area contributed by atoms with Crippen molar-refractivity contribution in [1.82, 2.24) is 0 Å². The number of anilines is 2. The molecule has 0 bridgehead atoms. The zero-order valence-electron chi connectivity index (χ0n) is 14.8. The molecule has 0 unspecified atom stereocenters. The van der Waals surface area contributed by atoms with E-state index in [1.807, 2.05) is 53.4 Å². The van der Waals surface area contributed by atoms with Gasteiger partial charge in [0.15, 0.2) is 0 Å². The minimum atomic E-state index is -0.729. The normalized spacial score (nSPS) is 13.5. The van der Waals surface area contributed by atoms with Gasteiger partial charge in [-0.1, -0.05) is 36.4 Å². The van der Waals surface area contributed by atoms with Crippen molar-refractivity contribution < 1.29 is 9.59 Å². The average molecular weight is 411 g/mol. The Morgan fingerprint density at radius 1 is 1.04 bits per heavy atom. The van der Waals surface area contributed by atoms with E-state index < -0.39 is 11.4 Å². The molecule has 5 N–H and O–H groups in total. The van der Waals surface area contributed by atoms with Crippen LogP contribution in [0.3, 0.4) is 0 Å². The molecule has 1 saturated carbocycles. The van der Waals surface area contributed by atoms with Gasteiger partial charge in [0.05, 0.1) is 12.1 Å². The van der Waals surface area contributed by atoms with Crippen LogP contribution in [0, 0.1) is 0 Å². The lowest BCUT2D eigenvalue weighted by Gasteiger charge is -2.24. The van der Waals surface area contributed by atoms with E-state index in [4.69, 9.17) is 11.5 Å². The van der Waals surface area contributed by atoms with Crippen molar-refractivity contribution in [3.63, 3.8) is 0 Å². The van der Waals surface area contributed by atoms with Crippen molar-refractivity contribution in [2.45, 2.75) is 24.9 Å². The summed E-state index contributed by atoms with van der Waals surface area (Å²) in [7, 11) is 0. The monoisotopic (exact) mass is 410 g/mol. The number of carbonyl (C=O) groups is 2. The summed E-state index contributed by atoms with van der Waals surface area (Å²) in [6.07, 6.45) is 1.42. The predicted octanol–water partition coefficient (Wildman–Crippen LogP) is 2.45. The second-order valence-corrected chi connectivity index (χ2v) is 6.47. The van der Waals surface area contributed by atoms with Crippen LogP contribution < -0.4 is 21.7 Å². The second kappa shape index (κ2) is 9.60. The Morgan fingerprint density at radius 2 is 1.70 bits per heavy atom. The smallest absolute Gasteiger partial charge is 0.244 e. The zero-order valence-corrected chi connectivity index (χ0v) is 16.4. The fraction of sp³-hybridized carbons (Fsp3) is 0.263. The highest BCUT2D eigenvalue weighted by Crippen LogP contribution is 2.33. The highest BCUT2D eigenvalue weighted by atomic mass is 35.5. The van der Waals surface area contributed by atoms with Crippen molar-refractivity contribution in [3.8, 4) is 0 Å². The minimum Gasteiger partial charge on any atom is -0.368 e. The van der Waals surface area contributed by atoms with Crippen molar-refractivity contribution in [3.05, 3.63) is 60.2 Å². The number of halogens is 2. The maximum absolute atomic E-state index is 12.1. The van der Waals surface area contributed by atoms with E-state index in [9.17, 15) is 9.59 Å². The van der Waals surface area contributed by atoms with Crippen LogP contribution in [0.25, 0.3) is 0 Å². The second-order valence-electron chi connectivity index (χ2n) is 6.47. The maximum Gasteiger partial charge on any atom is 0.244 e. The van der Waals surface area contributed by atoms with E-state index >= 15 is 0 Å². The van der Waals surface area contributed by atoms with Gasteiger partial charge in [-0.15, -0.1) is 24.8 Å². The first-order valence-electron chi connectivity index (χ1n) is 8.24. The summed E-state index contributed by atoms with van der Waals surface area (Å²) < 4.78 is 0. The number of primary amides is 1. The van der Waals surface area contributed by atoms with Crippen LogP contribution in [0.4, 0.5) is 11.4 Å². The minimum absolute atomic E-state index is 0. The van der Waals surface area contributed by atoms with Crippen LogP contribution in [0.5, 0.6) is 0 Å². The quantitative estimate of drug-likeness (QED) is 0.652. The SMILES string of the molecule is Cl.Cl.NC(=O)CN(Cc1ccccc1)c1cccc(NC(=O)C2(N)CC2)c1. The summed E-state index contributed by atoms with van der Waals surface area (Å²) in [5.74, 6) is -0.585. The number of nitrogens with zero attached hydrogens (tertiary/aromatic N) is 1. The lowest BCUT2D eigenvalue weighted by atomic mass is 10.1. The van der Waals surface area contributed by atoms with Crippen molar-refractivity contribution >= 4 is 48.0 Å². The topological polar surface area (TPSA) is 101 Å². The first kappa shape index (κ1) is 22.8. The van der Waals surface area contributed by atoms with E-state index in [0.29, 0.717) is 25.1 Å². The van der Waals surface area contributed by atoms with Gasteiger partial charge >= 0.3 is 0 Å². The highest BCUT2D eigenvalue weighted by molar-refractivity contribution is 6.00. The van der Waals surface area contributed by atoms with Crippen LogP contribution in [0.2, 0.25) is 0 Å². The Balaban J connectivity index is 0.00000182. The molecule has 0 aliphatic heterocycles. The molecule has 0 radical (unpaired) electrons. The van der Waals surface area contributed by atoms with Crippen LogP contribution in [-0.2, 0) is 16.1 Å². The molecule has 27 heavy (non-hydrogen) atoms. The molecule has 1 fully saturated rings. The number of amides is 2. The summed E-state index contributed by atoms with van der Waals surface area (Å²) in [5, 5.41) is 2.85. The van der Waals surface area contributed by atoms with E-state index in [1.54, 1.807) is 6.07 Å². The van der Waals surface area contributed by atoms with Gasteiger partial charge in [0.2, 0.25) is 11.8 Å². The maximum atomic E-state index is 12.1. The molecule has 0 spiro atoms. The Hall–Kier alpha value is -2.28. The number of benzene rings is 2. The van der Waals surface area contributed by atoms with Crippen LogP contribution in [0.15, 0.2) is 54.6 Å². The van der Waals surface area contributed by atoms with Gasteiger partial charge in [0, 0.05) is 17.9 Å². The van der Waals surface area contributed by atoms with E-state index in [-0.39, 0.29) is 37.3 Å². The van der Waals surface area contributed by atoms with Crippen LogP contribution in [0.1, 0.15) is 18.4 Å². The van der Waals surface area contributed by atoms with Gasteiger partial charge in [0.1, 0.15) is 0 Å². The average Bonchev–Trinajstić information content (AvgIpc) is 3.34. The van der Waals surface area contributed by atoms with Gasteiger partial charge in [-0.25, -0.2) is 0 Å². The number of nitrogens with one attached hydrogen (secondary N) is 1. The first-order chi connectivity index (χ1) is 12.0. The lowest BCUT2D eigenvalue weighted by molar-refractivity contribution is -0.118. The fourth-order valence-electron chi connectivity index (χ4n) is 2.63. The number of nitrogens with two attached hydrogens (primary N) is 2. The van der Waals surface area contributed by atoms with Gasteiger partial charge in [-0.3, -0.25) is 9.59 Å². The molecule has 6 nitrogen and oxygen atoms in total. The summed E-state index contributed by atoms with van der Waals surface area (Å²) in [6.45, 7) is 0.634. The van der Waals surface area contributed by atoms with Gasteiger partial charge in [-0.2, -0.15) is 0 Å². The van der Waals surface area contributed by atoms with Gasteiger partial charge in [0.25, 0.3) is 0 Å². The molecule has 2 aromatic carbocycles. The van der Waals surface area contributed by atoms with Gasteiger partial charge in [-0.05, 0) is 36.6 Å². The number of hydrogen-bond acceptors (Lipinski definition) is 4. The van der Waals surface area contributed by atoms with E-state index in [1.165, 1.54) is 0 Å². The third-order valence-electron chi connectivity index (χ3n) is 4.27. The zero-order chi connectivity index (χ0) is 17.9. The molecule has 0 saturated heterocycles. The Labute approximate surface area is 171 Å². The largest absolute Gasteiger partial charge is 0.368 e. The Bertz CT molecular complexity index is 782. The molecule has 3 rings (SSSR count). The number of rotatable bonds is 7. The first-order valence-corrected chi connectivity index (χ1v) is 8.24. The number of carbonyl (C=O) groups excluding carboxylic acids is 2. The molecule has 8 heteroatoms. The van der Waals surface area contributed by atoms with Crippen molar-refractivity contribution in [2.24, 2.45) is 11.5 Å². The summed E-state index contributed by atoms with van der Waals surface area (Å²) in [4.78, 5) is 25.5. The molecule has 2 amide bonds. The van der Waals surface area contributed by atoms with Crippen molar-refractivity contribution in [2.75, 3.05) is 16.8 Å². The van der Waals surface area contributed by atoms with E-state index in [0.717, 1.165) is 11.3 Å². The molecule has 0 atom stereocenters. The van der Waals surface area contributed by atoms with Crippen molar-refractivity contribution in [1.29, 1.82) is 0 Å².